The summed E-state index contributed by atoms with van der Waals surface area (Å²) in [5, 5.41) is 0.117. The van der Waals surface area contributed by atoms with Gasteiger partial charge < -0.3 is 9.80 Å². The molecule has 128 valence electrons. The quantitative estimate of drug-likeness (QED) is 0.786. The molecule has 0 spiro atoms. The molecule has 1 atom stereocenters. The van der Waals surface area contributed by atoms with Crippen molar-refractivity contribution in [1.29, 1.82) is 0 Å². The average molecular weight is 351 g/mol. The number of rotatable bonds is 3. The highest BCUT2D eigenvalue weighted by Crippen LogP contribution is 2.23. The van der Waals surface area contributed by atoms with Crippen LogP contribution in [0.3, 0.4) is 0 Å². The molecule has 0 N–H and O–H groups in total. The summed E-state index contributed by atoms with van der Waals surface area (Å²) >= 11 is 5.96. The molecule has 0 radical (unpaired) electrons. The van der Waals surface area contributed by atoms with E-state index >= 15 is 0 Å². The average Bonchev–Trinajstić information content (AvgIpc) is 3.07. The maximum atomic E-state index is 13.1. The zero-order valence-corrected chi connectivity index (χ0v) is 14.1. The van der Waals surface area contributed by atoms with Crippen molar-refractivity contribution in [2.24, 2.45) is 5.92 Å². The van der Waals surface area contributed by atoms with Gasteiger partial charge in [-0.2, -0.15) is 0 Å². The Hall–Kier alpha value is -1.88. The van der Waals surface area contributed by atoms with E-state index in [2.05, 4.69) is 12.2 Å². The molecule has 0 bridgehead atoms. The minimum Gasteiger partial charge on any atom is -0.339 e. The summed E-state index contributed by atoms with van der Waals surface area (Å²) in [6.45, 7) is 2.00. The number of hydrogen-bond donors (Lipinski definition) is 0. The lowest BCUT2D eigenvalue weighted by Gasteiger charge is -2.35. The first-order valence-corrected chi connectivity index (χ1v) is 8.61. The van der Waals surface area contributed by atoms with Gasteiger partial charge >= 0.3 is 0 Å². The van der Waals surface area contributed by atoms with Crippen LogP contribution in [0.1, 0.15) is 29.6 Å². The molecule has 1 heterocycles. The second kappa shape index (κ2) is 7.34. The maximum absolute atomic E-state index is 13.1. The number of hydrogen-bond acceptors (Lipinski definition) is 2. The Kier molecular flexibility index (Phi) is 5.19. The smallest absolute Gasteiger partial charge is 0.255 e. The van der Waals surface area contributed by atoms with Crippen LogP contribution in [0.15, 0.2) is 30.4 Å². The predicted octanol–water partition coefficient (Wildman–Crippen LogP) is 3.12. The van der Waals surface area contributed by atoms with Crippen molar-refractivity contribution in [2.45, 2.75) is 19.3 Å². The van der Waals surface area contributed by atoms with E-state index in [0.717, 1.165) is 18.9 Å². The molecule has 0 unspecified atom stereocenters. The molecule has 1 aromatic rings. The van der Waals surface area contributed by atoms with Gasteiger partial charge in [0.1, 0.15) is 5.82 Å². The molecule has 24 heavy (non-hydrogen) atoms. The Bertz CT molecular complexity index is 669. The normalized spacial score (nSPS) is 20.5. The van der Waals surface area contributed by atoms with E-state index in [0.29, 0.717) is 44.1 Å². The third kappa shape index (κ3) is 3.78. The minimum atomic E-state index is -0.465. The first-order chi connectivity index (χ1) is 11.5. The van der Waals surface area contributed by atoms with E-state index in [1.54, 1.807) is 4.90 Å². The van der Waals surface area contributed by atoms with Crippen molar-refractivity contribution in [3.05, 3.63) is 46.8 Å². The number of amides is 2. The van der Waals surface area contributed by atoms with E-state index in [1.165, 1.54) is 12.1 Å². The Balaban J connectivity index is 1.55. The van der Waals surface area contributed by atoms with Gasteiger partial charge in [-0.3, -0.25) is 9.59 Å². The van der Waals surface area contributed by atoms with Crippen molar-refractivity contribution in [1.82, 2.24) is 9.80 Å². The van der Waals surface area contributed by atoms with Crippen LogP contribution >= 0.6 is 11.6 Å². The molecule has 0 aromatic heterocycles. The van der Waals surface area contributed by atoms with Crippen molar-refractivity contribution in [3.8, 4) is 0 Å². The fourth-order valence-corrected chi connectivity index (χ4v) is 3.46. The fourth-order valence-electron chi connectivity index (χ4n) is 3.21. The number of benzene rings is 1. The molecule has 1 aliphatic heterocycles. The lowest BCUT2D eigenvalue weighted by atomic mass is 10.0. The third-order valence-corrected chi connectivity index (χ3v) is 4.94. The molecule has 1 aliphatic carbocycles. The Morgan fingerprint density at radius 3 is 2.50 bits per heavy atom. The topological polar surface area (TPSA) is 40.6 Å². The zero-order chi connectivity index (χ0) is 17.1. The number of carbonyl (C=O) groups excluding carboxylic acids is 2. The molecule has 1 saturated heterocycles. The highest BCUT2D eigenvalue weighted by atomic mass is 35.5. The largest absolute Gasteiger partial charge is 0.339 e. The van der Waals surface area contributed by atoms with Gasteiger partial charge in [0.15, 0.2) is 0 Å². The van der Waals surface area contributed by atoms with Gasteiger partial charge in [-0.1, -0.05) is 23.8 Å². The van der Waals surface area contributed by atoms with Gasteiger partial charge in [-0.25, -0.2) is 4.39 Å². The number of piperazine rings is 1. The molecule has 2 amide bonds. The number of halogens is 2. The van der Waals surface area contributed by atoms with Gasteiger partial charge in [0.2, 0.25) is 5.91 Å². The van der Waals surface area contributed by atoms with Crippen molar-refractivity contribution < 1.29 is 14.0 Å². The highest BCUT2D eigenvalue weighted by Gasteiger charge is 2.27. The van der Waals surface area contributed by atoms with E-state index in [-0.39, 0.29) is 16.8 Å². The van der Waals surface area contributed by atoms with Crippen molar-refractivity contribution in [3.63, 3.8) is 0 Å². The Morgan fingerprint density at radius 2 is 1.88 bits per heavy atom. The fraction of sp³-hybridized carbons (Fsp3) is 0.444. The van der Waals surface area contributed by atoms with Crippen LogP contribution in [0.4, 0.5) is 4.39 Å². The van der Waals surface area contributed by atoms with E-state index in [1.807, 2.05) is 4.90 Å². The lowest BCUT2D eigenvalue weighted by molar-refractivity contribution is -0.133. The molecular formula is C18H20ClFN2O2. The summed E-state index contributed by atoms with van der Waals surface area (Å²) < 4.78 is 13.1. The number of carbonyl (C=O) groups is 2. The summed E-state index contributed by atoms with van der Waals surface area (Å²) in [6, 6.07) is 3.78. The van der Waals surface area contributed by atoms with Gasteiger partial charge in [0.25, 0.3) is 5.91 Å². The van der Waals surface area contributed by atoms with Gasteiger partial charge in [-0.05, 0) is 37.0 Å². The Morgan fingerprint density at radius 1 is 1.17 bits per heavy atom. The van der Waals surface area contributed by atoms with E-state index < -0.39 is 5.82 Å². The molecule has 4 nitrogen and oxygen atoms in total. The molecule has 1 aromatic carbocycles. The van der Waals surface area contributed by atoms with Crippen LogP contribution in [-0.4, -0.2) is 47.8 Å². The summed E-state index contributed by atoms with van der Waals surface area (Å²) in [4.78, 5) is 28.3. The van der Waals surface area contributed by atoms with Crippen molar-refractivity contribution >= 4 is 23.4 Å². The maximum Gasteiger partial charge on any atom is 0.255 e. The van der Waals surface area contributed by atoms with E-state index in [9.17, 15) is 14.0 Å². The summed E-state index contributed by atoms with van der Waals surface area (Å²) in [6.07, 6.45) is 6.90. The van der Waals surface area contributed by atoms with Crippen LogP contribution in [0.5, 0.6) is 0 Å². The standard InChI is InChI=1S/C18H20ClFN2O2/c19-16-12-14(20)5-6-15(16)18(24)22-9-7-21(8-10-22)17(23)11-13-3-1-2-4-13/h1,3,5-6,12-13H,2,4,7-11H2/t13-/m1/s1. The molecule has 2 aliphatic rings. The zero-order valence-electron chi connectivity index (χ0n) is 13.4. The molecule has 0 saturated carbocycles. The number of allylic oxidation sites excluding steroid dienone is 2. The molecular weight excluding hydrogens is 331 g/mol. The molecule has 3 rings (SSSR count). The van der Waals surface area contributed by atoms with Crippen LogP contribution in [0, 0.1) is 11.7 Å². The highest BCUT2D eigenvalue weighted by molar-refractivity contribution is 6.33. The Labute approximate surface area is 145 Å². The van der Waals surface area contributed by atoms with Crippen molar-refractivity contribution in [2.75, 3.05) is 26.2 Å². The number of nitrogens with zero attached hydrogens (tertiary/aromatic N) is 2. The second-order valence-corrected chi connectivity index (χ2v) is 6.67. The summed E-state index contributed by atoms with van der Waals surface area (Å²) in [5.41, 5.74) is 0.300. The van der Waals surface area contributed by atoms with Crippen LogP contribution < -0.4 is 0 Å². The van der Waals surface area contributed by atoms with Crippen LogP contribution in [0.2, 0.25) is 5.02 Å². The summed E-state index contributed by atoms with van der Waals surface area (Å²) in [5.74, 6) is -0.174. The first kappa shape index (κ1) is 17.0. The minimum absolute atomic E-state index is 0.117. The SMILES string of the molecule is O=C(C[C@@H]1C=CCC1)N1CCN(C(=O)c2ccc(F)cc2Cl)CC1. The lowest BCUT2D eigenvalue weighted by Crippen LogP contribution is -2.50. The van der Waals surface area contributed by atoms with E-state index in [4.69, 9.17) is 11.6 Å². The van der Waals surface area contributed by atoms with Crippen LogP contribution in [-0.2, 0) is 4.79 Å². The second-order valence-electron chi connectivity index (χ2n) is 6.27. The monoisotopic (exact) mass is 350 g/mol. The first-order valence-electron chi connectivity index (χ1n) is 8.23. The summed E-state index contributed by atoms with van der Waals surface area (Å²) in [7, 11) is 0. The van der Waals surface area contributed by atoms with Gasteiger partial charge in [0, 0.05) is 32.6 Å². The predicted molar refractivity (Wildman–Crippen MR) is 90.4 cm³/mol. The van der Waals surface area contributed by atoms with Gasteiger partial charge in [-0.15, -0.1) is 0 Å². The van der Waals surface area contributed by atoms with Crippen LogP contribution in [0.25, 0.3) is 0 Å². The third-order valence-electron chi connectivity index (χ3n) is 4.63. The van der Waals surface area contributed by atoms with Gasteiger partial charge in [0.05, 0.1) is 10.6 Å². The molecule has 1 fully saturated rings. The molecule has 6 heteroatoms.